The molecule has 1 N–H and O–H groups in total. The third kappa shape index (κ3) is 5.13. The summed E-state index contributed by atoms with van der Waals surface area (Å²) in [5.41, 5.74) is 0.600. The number of nitrogens with zero attached hydrogens (tertiary/aromatic N) is 4. The molecule has 7 nitrogen and oxygen atoms in total. The van der Waals surface area contributed by atoms with Crippen LogP contribution in [0.15, 0.2) is 28.6 Å². The van der Waals surface area contributed by atoms with Gasteiger partial charge in [0.1, 0.15) is 5.82 Å². The third-order valence-electron chi connectivity index (χ3n) is 5.10. The monoisotopic (exact) mass is 367 g/mol. The molecule has 1 atom stereocenters. The molecule has 1 saturated heterocycles. The Bertz CT molecular complexity index is 760. The summed E-state index contributed by atoms with van der Waals surface area (Å²) in [5.74, 6) is 2.89. The van der Waals surface area contributed by atoms with Gasteiger partial charge in [-0.05, 0) is 31.4 Å². The second-order valence-corrected chi connectivity index (χ2v) is 7.28. The molecule has 7 heteroatoms. The van der Waals surface area contributed by atoms with Crippen LogP contribution in [0.3, 0.4) is 0 Å². The normalized spacial score (nSPS) is 20.0. The number of rotatable bonds is 7. The molecule has 3 rings (SSSR count). The molecule has 27 heavy (non-hydrogen) atoms. The number of hydrogen-bond acceptors (Lipinski definition) is 5. The maximum atomic E-state index is 12.6. The van der Waals surface area contributed by atoms with E-state index in [1.807, 2.05) is 13.0 Å². The molecule has 142 valence electrons. The van der Waals surface area contributed by atoms with Gasteiger partial charge >= 0.3 is 0 Å². The average molecular weight is 367 g/mol. The van der Waals surface area contributed by atoms with Crippen LogP contribution in [0.25, 0.3) is 0 Å². The maximum Gasteiger partial charge on any atom is 0.230 e. The lowest BCUT2D eigenvalue weighted by Crippen LogP contribution is -2.44. The topological polar surface area (TPSA) is 87.0 Å². The number of amides is 2. The first kappa shape index (κ1) is 19.0. The molecule has 0 saturated carbocycles. The summed E-state index contributed by atoms with van der Waals surface area (Å²) in [6.07, 6.45) is 10.9. The molecular weight excluding hydrogens is 342 g/mol. The van der Waals surface area contributed by atoms with Gasteiger partial charge in [-0.15, -0.1) is 12.3 Å². The van der Waals surface area contributed by atoms with Gasteiger partial charge in [0.2, 0.25) is 11.8 Å². The minimum Gasteiger partial charge on any atom is -0.342 e. The Morgan fingerprint density at radius 2 is 2.19 bits per heavy atom. The molecule has 0 bridgehead atoms. The van der Waals surface area contributed by atoms with E-state index in [1.165, 1.54) is 0 Å². The van der Waals surface area contributed by atoms with Crippen molar-refractivity contribution in [3.05, 3.63) is 23.9 Å². The summed E-state index contributed by atoms with van der Waals surface area (Å²) in [5, 5.41) is 11.0. The second kappa shape index (κ2) is 8.30. The van der Waals surface area contributed by atoms with Crippen molar-refractivity contribution in [1.82, 2.24) is 9.88 Å². The Kier molecular flexibility index (Phi) is 5.84. The second-order valence-electron chi connectivity index (χ2n) is 7.28. The molecule has 0 aromatic carbocycles. The molecule has 1 aromatic rings. The van der Waals surface area contributed by atoms with Gasteiger partial charge in [-0.3, -0.25) is 9.59 Å². The van der Waals surface area contributed by atoms with E-state index in [0.29, 0.717) is 44.6 Å². The number of carbonyl (C=O) groups is 2. The highest BCUT2D eigenvalue weighted by Crippen LogP contribution is 2.37. The molecule has 1 aromatic heterocycles. The van der Waals surface area contributed by atoms with Crippen molar-refractivity contribution >= 4 is 17.6 Å². The van der Waals surface area contributed by atoms with Crippen molar-refractivity contribution in [2.75, 3.05) is 18.4 Å². The van der Waals surface area contributed by atoms with Gasteiger partial charge < -0.3 is 10.2 Å². The number of nitrogens with one attached hydrogen (secondary N) is 1. The van der Waals surface area contributed by atoms with Gasteiger partial charge in [0.15, 0.2) is 5.66 Å². The predicted octanol–water partition coefficient (Wildman–Crippen LogP) is 2.92. The lowest BCUT2D eigenvalue weighted by atomic mass is 9.96. The standard InChI is InChI=1S/C20H25N5O2/c1-3-4-10-20(23-24-20)11-9-18(26)25-12-5-6-16(14-25)19(27)22-17-8-7-15(2)13-21-17/h1,7-8,13,16H,4-6,9-12,14H2,2H3,(H,21,22,27). The number of carbonyl (C=O) groups excluding carboxylic acids is 2. The Balaban J connectivity index is 1.48. The summed E-state index contributed by atoms with van der Waals surface area (Å²) in [6, 6.07) is 3.70. The summed E-state index contributed by atoms with van der Waals surface area (Å²) in [6.45, 7) is 3.08. The Labute approximate surface area is 159 Å². The van der Waals surface area contributed by atoms with Crippen LogP contribution in [0.1, 0.15) is 44.1 Å². The lowest BCUT2D eigenvalue weighted by molar-refractivity contribution is -0.134. The molecule has 2 aliphatic rings. The van der Waals surface area contributed by atoms with Crippen LogP contribution in [-0.2, 0) is 9.59 Å². The predicted molar refractivity (Wildman–Crippen MR) is 102 cm³/mol. The van der Waals surface area contributed by atoms with Gasteiger partial charge in [0.05, 0.1) is 5.92 Å². The zero-order valence-electron chi connectivity index (χ0n) is 15.6. The van der Waals surface area contributed by atoms with Crippen LogP contribution < -0.4 is 5.32 Å². The summed E-state index contributed by atoms with van der Waals surface area (Å²) < 4.78 is 0. The quantitative estimate of drug-likeness (QED) is 0.752. The number of pyridine rings is 1. The van der Waals surface area contributed by atoms with Crippen molar-refractivity contribution in [2.24, 2.45) is 16.1 Å². The van der Waals surface area contributed by atoms with Crippen LogP contribution in [-0.4, -0.2) is 40.5 Å². The largest absolute Gasteiger partial charge is 0.342 e. The number of aromatic nitrogens is 1. The van der Waals surface area contributed by atoms with E-state index in [0.717, 1.165) is 18.4 Å². The molecule has 2 aliphatic heterocycles. The fourth-order valence-electron chi connectivity index (χ4n) is 3.32. The molecule has 1 unspecified atom stereocenters. The number of likely N-dealkylation sites (tertiary alicyclic amines) is 1. The summed E-state index contributed by atoms with van der Waals surface area (Å²) >= 11 is 0. The van der Waals surface area contributed by atoms with Crippen LogP contribution in [0.4, 0.5) is 5.82 Å². The van der Waals surface area contributed by atoms with Crippen LogP contribution in [0.5, 0.6) is 0 Å². The number of aryl methyl sites for hydroxylation is 1. The number of hydrogen-bond donors (Lipinski definition) is 1. The first-order valence-corrected chi connectivity index (χ1v) is 9.40. The van der Waals surface area contributed by atoms with Gasteiger partial charge in [-0.2, -0.15) is 10.2 Å². The fraction of sp³-hybridized carbons (Fsp3) is 0.550. The summed E-state index contributed by atoms with van der Waals surface area (Å²) in [4.78, 5) is 31.1. The highest BCUT2D eigenvalue weighted by atomic mass is 16.2. The highest BCUT2D eigenvalue weighted by Gasteiger charge is 2.40. The van der Waals surface area contributed by atoms with E-state index in [1.54, 1.807) is 17.2 Å². The van der Waals surface area contributed by atoms with E-state index in [9.17, 15) is 9.59 Å². The van der Waals surface area contributed by atoms with Crippen LogP contribution in [0.2, 0.25) is 0 Å². The Hall–Kier alpha value is -2.75. The molecule has 0 spiro atoms. The van der Waals surface area contributed by atoms with E-state index < -0.39 is 5.66 Å². The van der Waals surface area contributed by atoms with Crippen molar-refractivity contribution < 1.29 is 9.59 Å². The van der Waals surface area contributed by atoms with E-state index in [-0.39, 0.29) is 17.7 Å². The molecule has 2 amide bonds. The zero-order chi connectivity index (χ0) is 19.3. The smallest absolute Gasteiger partial charge is 0.230 e. The molecule has 3 heterocycles. The lowest BCUT2D eigenvalue weighted by Gasteiger charge is -2.32. The minimum atomic E-state index is -0.439. The van der Waals surface area contributed by atoms with Crippen LogP contribution in [0, 0.1) is 25.2 Å². The maximum absolute atomic E-state index is 12.6. The van der Waals surface area contributed by atoms with E-state index >= 15 is 0 Å². The average Bonchev–Trinajstić information content (AvgIpc) is 3.46. The fourth-order valence-corrected chi connectivity index (χ4v) is 3.32. The first-order valence-electron chi connectivity index (χ1n) is 9.40. The van der Waals surface area contributed by atoms with Crippen molar-refractivity contribution in [3.8, 4) is 12.3 Å². The van der Waals surface area contributed by atoms with Gasteiger partial charge in [0, 0.05) is 45.0 Å². The van der Waals surface area contributed by atoms with Crippen LogP contribution >= 0.6 is 0 Å². The number of terminal acetylenes is 1. The SMILES string of the molecule is C#CCCC1(CCC(=O)N2CCCC(C(=O)Nc3ccc(C)cn3)C2)N=N1. The number of piperidine rings is 1. The van der Waals surface area contributed by atoms with E-state index in [2.05, 4.69) is 26.4 Å². The van der Waals surface area contributed by atoms with Gasteiger partial charge in [-0.25, -0.2) is 4.98 Å². The minimum absolute atomic E-state index is 0.0540. The van der Waals surface area contributed by atoms with Gasteiger partial charge in [0.25, 0.3) is 0 Å². The third-order valence-corrected chi connectivity index (χ3v) is 5.10. The zero-order valence-corrected chi connectivity index (χ0v) is 15.6. The molecule has 0 radical (unpaired) electrons. The summed E-state index contributed by atoms with van der Waals surface area (Å²) in [7, 11) is 0. The molecule has 1 fully saturated rings. The highest BCUT2D eigenvalue weighted by molar-refractivity contribution is 5.92. The number of anilines is 1. The molecule has 0 aliphatic carbocycles. The van der Waals surface area contributed by atoms with Gasteiger partial charge in [-0.1, -0.05) is 6.07 Å². The van der Waals surface area contributed by atoms with Crippen molar-refractivity contribution in [2.45, 2.75) is 51.1 Å². The first-order chi connectivity index (χ1) is 13.0. The van der Waals surface area contributed by atoms with Crippen molar-refractivity contribution in [3.63, 3.8) is 0 Å². The molecular formula is C20H25N5O2. The Morgan fingerprint density at radius 3 is 2.85 bits per heavy atom. The van der Waals surface area contributed by atoms with E-state index in [4.69, 9.17) is 6.42 Å². The Morgan fingerprint density at radius 1 is 1.37 bits per heavy atom. The van der Waals surface area contributed by atoms with Crippen molar-refractivity contribution in [1.29, 1.82) is 0 Å².